The summed E-state index contributed by atoms with van der Waals surface area (Å²) < 4.78 is 5.33. The third-order valence-corrected chi connectivity index (χ3v) is 4.43. The molecule has 1 aliphatic carbocycles. The Morgan fingerprint density at radius 1 is 1.17 bits per heavy atom. The lowest BCUT2D eigenvalue weighted by Crippen LogP contribution is -2.45. The Hall–Kier alpha value is -0.770. The van der Waals surface area contributed by atoms with Gasteiger partial charge < -0.3 is 15.4 Å². The van der Waals surface area contributed by atoms with Gasteiger partial charge in [0.2, 0.25) is 0 Å². The number of ether oxygens (including phenoxy) is 1. The van der Waals surface area contributed by atoms with Crippen molar-refractivity contribution in [3.05, 3.63) is 0 Å². The Bertz CT molecular complexity index is 337. The second-order valence-electron chi connectivity index (χ2n) is 8.38. The molecule has 1 amide bonds. The van der Waals surface area contributed by atoms with Gasteiger partial charge in [0, 0.05) is 12.6 Å². The molecule has 4 heteroatoms. The van der Waals surface area contributed by atoms with E-state index in [0.717, 1.165) is 19.0 Å². The third-order valence-electron chi connectivity index (χ3n) is 4.43. The SMILES string of the molecule is CC(C)CCCCNC1CCCCC1CNC(=O)OC(C)(C)C. The lowest BCUT2D eigenvalue weighted by molar-refractivity contribution is 0.0510. The van der Waals surface area contributed by atoms with Gasteiger partial charge >= 0.3 is 6.09 Å². The molecule has 1 saturated carbocycles. The molecule has 1 fully saturated rings. The van der Waals surface area contributed by atoms with E-state index in [1.807, 2.05) is 20.8 Å². The zero-order valence-corrected chi connectivity index (χ0v) is 15.9. The van der Waals surface area contributed by atoms with E-state index in [9.17, 15) is 4.79 Å². The lowest BCUT2D eigenvalue weighted by atomic mass is 9.84. The van der Waals surface area contributed by atoms with Gasteiger partial charge in [0.15, 0.2) is 0 Å². The summed E-state index contributed by atoms with van der Waals surface area (Å²) in [5.41, 5.74) is -0.426. The molecule has 0 spiro atoms. The predicted octanol–water partition coefficient (Wildman–Crippen LogP) is 4.49. The zero-order valence-electron chi connectivity index (χ0n) is 15.9. The van der Waals surface area contributed by atoms with Crippen molar-refractivity contribution < 1.29 is 9.53 Å². The minimum absolute atomic E-state index is 0.293. The van der Waals surface area contributed by atoms with E-state index in [4.69, 9.17) is 4.74 Å². The van der Waals surface area contributed by atoms with Gasteiger partial charge in [0.05, 0.1) is 0 Å². The van der Waals surface area contributed by atoms with Crippen LogP contribution in [-0.2, 0) is 4.74 Å². The summed E-state index contributed by atoms with van der Waals surface area (Å²) in [4.78, 5) is 11.8. The normalized spacial score (nSPS) is 22.2. The van der Waals surface area contributed by atoms with Gasteiger partial charge in [-0.1, -0.05) is 39.5 Å². The van der Waals surface area contributed by atoms with Crippen LogP contribution in [0, 0.1) is 11.8 Å². The fraction of sp³-hybridized carbons (Fsp3) is 0.947. The highest BCUT2D eigenvalue weighted by Gasteiger charge is 2.25. The standard InChI is InChI=1S/C19H38N2O2/c1-15(2)10-8-9-13-20-17-12-7-6-11-16(17)14-21-18(22)23-19(3,4)5/h15-17,20H,6-14H2,1-5H3,(H,21,22). The molecule has 0 aromatic rings. The first kappa shape index (κ1) is 20.3. The second-order valence-corrected chi connectivity index (χ2v) is 8.38. The summed E-state index contributed by atoms with van der Waals surface area (Å²) in [6, 6.07) is 0.540. The van der Waals surface area contributed by atoms with Crippen LogP contribution >= 0.6 is 0 Å². The number of nitrogens with one attached hydrogen (secondary N) is 2. The summed E-state index contributed by atoms with van der Waals surface area (Å²) in [6.07, 6.45) is 8.57. The summed E-state index contributed by atoms with van der Waals surface area (Å²) in [5.74, 6) is 1.33. The monoisotopic (exact) mass is 326 g/mol. The highest BCUT2D eigenvalue weighted by molar-refractivity contribution is 5.67. The van der Waals surface area contributed by atoms with Crippen LogP contribution in [0.5, 0.6) is 0 Å². The van der Waals surface area contributed by atoms with E-state index in [-0.39, 0.29) is 6.09 Å². The fourth-order valence-corrected chi connectivity index (χ4v) is 3.21. The first-order valence-corrected chi connectivity index (χ1v) is 9.48. The van der Waals surface area contributed by atoms with Gasteiger partial charge in [0.25, 0.3) is 0 Å². The van der Waals surface area contributed by atoms with Crippen molar-refractivity contribution >= 4 is 6.09 Å². The highest BCUT2D eigenvalue weighted by Crippen LogP contribution is 2.24. The van der Waals surface area contributed by atoms with Gasteiger partial charge in [-0.2, -0.15) is 0 Å². The maximum Gasteiger partial charge on any atom is 0.407 e. The Labute approximate surface area is 143 Å². The number of hydrogen-bond donors (Lipinski definition) is 2. The van der Waals surface area contributed by atoms with Crippen LogP contribution in [0.2, 0.25) is 0 Å². The fourth-order valence-electron chi connectivity index (χ4n) is 3.21. The van der Waals surface area contributed by atoms with E-state index in [2.05, 4.69) is 24.5 Å². The van der Waals surface area contributed by atoms with Crippen LogP contribution < -0.4 is 10.6 Å². The average Bonchev–Trinajstić information content (AvgIpc) is 2.43. The second kappa shape index (κ2) is 10.2. The predicted molar refractivity (Wildman–Crippen MR) is 96.7 cm³/mol. The Morgan fingerprint density at radius 3 is 2.52 bits per heavy atom. The first-order chi connectivity index (χ1) is 10.8. The summed E-state index contributed by atoms with van der Waals surface area (Å²) in [7, 11) is 0. The van der Waals surface area contributed by atoms with Crippen LogP contribution in [0.25, 0.3) is 0 Å². The number of alkyl carbamates (subject to hydrolysis) is 1. The van der Waals surface area contributed by atoms with Crippen LogP contribution in [0.3, 0.4) is 0 Å². The molecule has 2 N–H and O–H groups in total. The van der Waals surface area contributed by atoms with Crippen LogP contribution in [-0.4, -0.2) is 30.8 Å². The molecule has 0 heterocycles. The minimum Gasteiger partial charge on any atom is -0.444 e. The van der Waals surface area contributed by atoms with Crippen molar-refractivity contribution in [2.24, 2.45) is 11.8 Å². The van der Waals surface area contributed by atoms with Gasteiger partial charge in [0.1, 0.15) is 5.60 Å². The van der Waals surface area contributed by atoms with Crippen LogP contribution in [0.1, 0.15) is 79.6 Å². The van der Waals surface area contributed by atoms with Gasteiger partial charge in [-0.15, -0.1) is 0 Å². The molecule has 1 aliphatic rings. The van der Waals surface area contributed by atoms with Gasteiger partial charge in [-0.05, 0) is 58.4 Å². The lowest BCUT2D eigenvalue weighted by Gasteiger charge is -2.33. The van der Waals surface area contributed by atoms with Crippen molar-refractivity contribution in [1.29, 1.82) is 0 Å². The van der Waals surface area contributed by atoms with Gasteiger partial charge in [-0.3, -0.25) is 0 Å². The van der Waals surface area contributed by atoms with E-state index in [0.29, 0.717) is 12.0 Å². The van der Waals surface area contributed by atoms with Crippen molar-refractivity contribution in [2.45, 2.75) is 91.2 Å². The van der Waals surface area contributed by atoms with Crippen LogP contribution in [0.4, 0.5) is 4.79 Å². The van der Waals surface area contributed by atoms with E-state index in [1.165, 1.54) is 44.9 Å². The molecule has 0 aliphatic heterocycles. The largest absolute Gasteiger partial charge is 0.444 e. The molecule has 2 unspecified atom stereocenters. The minimum atomic E-state index is -0.426. The number of carbonyl (C=O) groups is 1. The molecule has 2 atom stereocenters. The zero-order chi connectivity index (χ0) is 17.3. The number of amides is 1. The Balaban J connectivity index is 2.27. The maximum absolute atomic E-state index is 11.8. The number of unbranched alkanes of at least 4 members (excludes halogenated alkanes) is 1. The van der Waals surface area contributed by atoms with E-state index < -0.39 is 5.60 Å². The number of carbonyl (C=O) groups excluding carboxylic acids is 1. The Kier molecular flexibility index (Phi) is 8.96. The quantitative estimate of drug-likeness (QED) is 0.646. The molecule has 136 valence electrons. The van der Waals surface area contributed by atoms with Crippen LogP contribution in [0.15, 0.2) is 0 Å². The maximum atomic E-state index is 11.8. The molecule has 0 aromatic heterocycles. The summed E-state index contributed by atoms with van der Waals surface area (Å²) in [6.45, 7) is 12.1. The van der Waals surface area contributed by atoms with Crippen molar-refractivity contribution in [1.82, 2.24) is 10.6 Å². The third kappa shape index (κ3) is 9.85. The molecule has 23 heavy (non-hydrogen) atoms. The molecule has 0 bridgehead atoms. The van der Waals surface area contributed by atoms with Crippen molar-refractivity contribution in [3.8, 4) is 0 Å². The highest BCUT2D eigenvalue weighted by atomic mass is 16.6. The van der Waals surface area contributed by atoms with Crippen molar-refractivity contribution in [2.75, 3.05) is 13.1 Å². The topological polar surface area (TPSA) is 50.4 Å². The molecule has 1 rings (SSSR count). The molecular weight excluding hydrogens is 288 g/mol. The molecule has 0 saturated heterocycles. The molecule has 0 aromatic carbocycles. The van der Waals surface area contributed by atoms with E-state index >= 15 is 0 Å². The smallest absolute Gasteiger partial charge is 0.407 e. The summed E-state index contributed by atoms with van der Waals surface area (Å²) in [5, 5.41) is 6.68. The number of rotatable bonds is 8. The Morgan fingerprint density at radius 2 is 1.87 bits per heavy atom. The molecular formula is C19H38N2O2. The van der Waals surface area contributed by atoms with Crippen molar-refractivity contribution in [3.63, 3.8) is 0 Å². The van der Waals surface area contributed by atoms with E-state index in [1.54, 1.807) is 0 Å². The summed E-state index contributed by atoms with van der Waals surface area (Å²) >= 11 is 0. The average molecular weight is 327 g/mol. The molecule has 4 nitrogen and oxygen atoms in total. The van der Waals surface area contributed by atoms with Gasteiger partial charge in [-0.25, -0.2) is 4.79 Å². The number of hydrogen-bond acceptors (Lipinski definition) is 3. The molecule has 0 radical (unpaired) electrons. The first-order valence-electron chi connectivity index (χ1n) is 9.48.